The first-order valence-electron chi connectivity index (χ1n) is 15.5. The molecule has 0 aliphatic carbocycles. The molecule has 1 aliphatic rings. The number of amides is 1. The fourth-order valence-corrected chi connectivity index (χ4v) is 7.53. The lowest BCUT2D eigenvalue weighted by atomic mass is 9.96. The van der Waals surface area contributed by atoms with E-state index < -0.39 is 10.0 Å². The number of ether oxygens (including phenoxy) is 1. The van der Waals surface area contributed by atoms with Gasteiger partial charge in [0, 0.05) is 37.4 Å². The number of halogens is 1. The average Bonchev–Trinajstić information content (AvgIpc) is 3.07. The summed E-state index contributed by atoms with van der Waals surface area (Å²) in [5.41, 5.74) is 3.36. The Hall–Kier alpha value is -3.50. The lowest BCUT2D eigenvalue weighted by Crippen LogP contribution is -2.49. The highest BCUT2D eigenvalue weighted by atomic mass is 79.9. The number of nitrogens with zero attached hydrogens (tertiary/aromatic N) is 2. The fourth-order valence-electron chi connectivity index (χ4n) is 5.62. The molecular weight excluding hydrogens is 650 g/mol. The fraction of sp³-hybridized carbons (Fsp3) is 0.306. The summed E-state index contributed by atoms with van der Waals surface area (Å²) >= 11 is 3.51. The Balaban J connectivity index is 1.18. The van der Waals surface area contributed by atoms with Crippen LogP contribution in [0, 0.1) is 0 Å². The largest absolute Gasteiger partial charge is 0.492 e. The molecule has 0 atom stereocenters. The van der Waals surface area contributed by atoms with Crippen molar-refractivity contribution >= 4 is 37.5 Å². The van der Waals surface area contributed by atoms with Crippen LogP contribution in [0.2, 0.25) is 0 Å². The first-order chi connectivity index (χ1) is 21.9. The number of anilines is 1. The summed E-state index contributed by atoms with van der Waals surface area (Å²) in [6, 6.07) is 32.3. The van der Waals surface area contributed by atoms with Crippen molar-refractivity contribution in [2.24, 2.45) is 0 Å². The van der Waals surface area contributed by atoms with E-state index in [1.54, 1.807) is 46.8 Å². The van der Waals surface area contributed by atoms with Gasteiger partial charge in [-0.1, -0.05) is 86.8 Å². The third-order valence-electron chi connectivity index (χ3n) is 8.07. The van der Waals surface area contributed by atoms with Crippen LogP contribution in [-0.2, 0) is 10.0 Å². The smallest absolute Gasteiger partial charge is 0.255 e. The summed E-state index contributed by atoms with van der Waals surface area (Å²) in [7, 11) is -3.69. The lowest BCUT2D eigenvalue weighted by Gasteiger charge is -2.39. The van der Waals surface area contributed by atoms with Gasteiger partial charge in [-0.25, -0.2) is 8.42 Å². The van der Waals surface area contributed by atoms with Crippen molar-refractivity contribution in [2.75, 3.05) is 38.1 Å². The lowest BCUT2D eigenvalue weighted by molar-refractivity contribution is 0.102. The van der Waals surface area contributed by atoms with E-state index in [1.165, 1.54) is 24.0 Å². The number of carbonyl (C=O) groups excluding carboxylic acids is 1. The molecule has 45 heavy (non-hydrogen) atoms. The number of sulfonamides is 1. The summed E-state index contributed by atoms with van der Waals surface area (Å²) in [5, 5.41) is 2.86. The molecule has 1 aliphatic heterocycles. The van der Waals surface area contributed by atoms with E-state index in [0.717, 1.165) is 12.8 Å². The molecule has 1 saturated heterocycles. The SMILES string of the molecule is CCCCCCOc1ccc(C(=O)Nc2ccc(S(=O)(=O)N3CCN(C(c4ccccc4)c4ccccc4)CC3)cc2)cc1Br. The van der Waals surface area contributed by atoms with Crippen molar-refractivity contribution in [3.05, 3.63) is 124 Å². The van der Waals surface area contributed by atoms with E-state index in [0.29, 0.717) is 54.3 Å². The molecule has 0 bridgehead atoms. The van der Waals surface area contributed by atoms with Crippen LogP contribution in [0.5, 0.6) is 5.75 Å². The van der Waals surface area contributed by atoms with Crippen molar-refractivity contribution in [3.63, 3.8) is 0 Å². The number of nitrogens with one attached hydrogen (secondary N) is 1. The maximum Gasteiger partial charge on any atom is 0.255 e. The van der Waals surface area contributed by atoms with Crippen molar-refractivity contribution in [3.8, 4) is 5.75 Å². The number of rotatable bonds is 13. The normalized spacial score (nSPS) is 14.4. The average molecular weight is 691 g/mol. The second kappa shape index (κ2) is 15.7. The molecule has 236 valence electrons. The zero-order valence-electron chi connectivity index (χ0n) is 25.6. The zero-order valence-corrected chi connectivity index (χ0v) is 28.0. The molecule has 0 spiro atoms. The topological polar surface area (TPSA) is 78.9 Å². The van der Waals surface area contributed by atoms with E-state index in [-0.39, 0.29) is 16.8 Å². The third-order valence-corrected chi connectivity index (χ3v) is 10.6. The van der Waals surface area contributed by atoms with Gasteiger partial charge in [0.25, 0.3) is 5.91 Å². The van der Waals surface area contributed by atoms with Crippen molar-refractivity contribution in [1.29, 1.82) is 0 Å². The summed E-state index contributed by atoms with van der Waals surface area (Å²) in [4.78, 5) is 15.5. The van der Waals surface area contributed by atoms with E-state index in [9.17, 15) is 13.2 Å². The van der Waals surface area contributed by atoms with Crippen molar-refractivity contribution in [1.82, 2.24) is 9.21 Å². The number of piperazine rings is 1. The minimum Gasteiger partial charge on any atom is -0.492 e. The standard InChI is InChI=1S/C36H40BrN3O4S/c1-2-3-4-11-26-44-34-21-16-30(27-33(34)37)36(41)38-31-17-19-32(20-18-31)45(42,43)40-24-22-39(23-25-40)35(28-12-7-5-8-13-28)29-14-9-6-10-15-29/h5-10,12-21,27,35H,2-4,11,22-26H2,1H3,(H,38,41). The maximum atomic E-state index is 13.6. The second-order valence-electron chi connectivity index (χ2n) is 11.2. The number of hydrogen-bond acceptors (Lipinski definition) is 5. The highest BCUT2D eigenvalue weighted by Gasteiger charge is 2.32. The maximum absolute atomic E-state index is 13.6. The summed E-state index contributed by atoms with van der Waals surface area (Å²) in [6.07, 6.45) is 4.50. The second-order valence-corrected chi connectivity index (χ2v) is 14.0. The van der Waals surface area contributed by atoms with Gasteiger partial charge in [-0.2, -0.15) is 4.31 Å². The van der Waals surface area contributed by atoms with Crippen molar-refractivity contribution in [2.45, 2.75) is 43.5 Å². The third kappa shape index (κ3) is 8.41. The van der Waals surface area contributed by atoms with Gasteiger partial charge in [0.1, 0.15) is 5.75 Å². The minimum atomic E-state index is -3.69. The van der Waals surface area contributed by atoms with Crippen LogP contribution >= 0.6 is 15.9 Å². The molecule has 4 aromatic rings. The van der Waals surface area contributed by atoms with Crippen LogP contribution in [0.4, 0.5) is 5.69 Å². The van der Waals surface area contributed by atoms with Crippen LogP contribution in [-0.4, -0.2) is 56.3 Å². The highest BCUT2D eigenvalue weighted by molar-refractivity contribution is 9.10. The molecule has 7 nitrogen and oxygen atoms in total. The number of benzene rings is 4. The van der Waals surface area contributed by atoms with Crippen LogP contribution in [0.25, 0.3) is 0 Å². The van der Waals surface area contributed by atoms with Gasteiger partial charge in [0.2, 0.25) is 10.0 Å². The molecule has 0 radical (unpaired) electrons. The van der Waals surface area contributed by atoms with Gasteiger partial charge in [-0.15, -0.1) is 0 Å². The number of unbranched alkanes of at least 4 members (excludes halogenated alkanes) is 3. The van der Waals surface area contributed by atoms with Crippen LogP contribution in [0.15, 0.2) is 112 Å². The first kappa shape index (κ1) is 32.9. The monoisotopic (exact) mass is 689 g/mol. The predicted molar refractivity (Wildman–Crippen MR) is 183 cm³/mol. The minimum absolute atomic E-state index is 0.0556. The Bertz CT molecular complexity index is 1600. The van der Waals surface area contributed by atoms with Gasteiger partial charge in [0.15, 0.2) is 0 Å². The van der Waals surface area contributed by atoms with Crippen LogP contribution < -0.4 is 10.1 Å². The molecule has 9 heteroatoms. The quantitative estimate of drug-likeness (QED) is 0.145. The Kier molecular flexibility index (Phi) is 11.5. The number of hydrogen-bond donors (Lipinski definition) is 1. The molecule has 1 amide bonds. The van der Waals surface area contributed by atoms with Gasteiger partial charge >= 0.3 is 0 Å². The predicted octanol–water partition coefficient (Wildman–Crippen LogP) is 7.76. The highest BCUT2D eigenvalue weighted by Crippen LogP contribution is 2.31. The Labute approximate surface area is 275 Å². The first-order valence-corrected chi connectivity index (χ1v) is 17.8. The molecule has 1 fully saturated rings. The van der Waals surface area contributed by atoms with E-state index in [1.807, 2.05) is 36.4 Å². The van der Waals surface area contributed by atoms with E-state index in [2.05, 4.69) is 57.3 Å². The van der Waals surface area contributed by atoms with Gasteiger partial charge in [-0.3, -0.25) is 9.69 Å². The number of carbonyl (C=O) groups is 1. The van der Waals surface area contributed by atoms with Crippen LogP contribution in [0.1, 0.15) is 60.1 Å². The zero-order chi connectivity index (χ0) is 31.6. The molecule has 5 rings (SSSR count). The molecule has 1 heterocycles. The molecule has 4 aromatic carbocycles. The molecule has 1 N–H and O–H groups in total. The van der Waals surface area contributed by atoms with Gasteiger partial charge < -0.3 is 10.1 Å². The van der Waals surface area contributed by atoms with Crippen LogP contribution in [0.3, 0.4) is 0 Å². The molecule has 0 saturated carbocycles. The Morgan fingerprint density at radius 1 is 0.822 bits per heavy atom. The molecular formula is C36H40BrN3O4S. The summed E-state index contributed by atoms with van der Waals surface area (Å²) in [6.45, 7) is 4.82. The van der Waals surface area contributed by atoms with Crippen molar-refractivity contribution < 1.29 is 17.9 Å². The Morgan fingerprint density at radius 3 is 2.02 bits per heavy atom. The van der Waals surface area contributed by atoms with Gasteiger partial charge in [-0.05, 0) is 75.9 Å². The molecule has 0 unspecified atom stereocenters. The van der Waals surface area contributed by atoms with E-state index in [4.69, 9.17) is 4.74 Å². The molecule has 0 aromatic heterocycles. The summed E-state index contributed by atoms with van der Waals surface area (Å²) in [5.74, 6) is 0.414. The Morgan fingerprint density at radius 2 is 1.44 bits per heavy atom. The summed E-state index contributed by atoms with van der Waals surface area (Å²) < 4.78 is 35.2. The van der Waals surface area contributed by atoms with Gasteiger partial charge in [0.05, 0.1) is 22.0 Å². The van der Waals surface area contributed by atoms with E-state index >= 15 is 0 Å².